The molecule has 0 bridgehead atoms. The summed E-state index contributed by atoms with van der Waals surface area (Å²) in [6.07, 6.45) is 1.71. The van der Waals surface area contributed by atoms with Gasteiger partial charge in [-0.25, -0.2) is 0 Å². The van der Waals surface area contributed by atoms with E-state index in [0.717, 1.165) is 0 Å². The zero-order chi connectivity index (χ0) is 9.14. The van der Waals surface area contributed by atoms with E-state index < -0.39 is 12.0 Å². The number of aromatic nitrogens is 3. The third-order valence-corrected chi connectivity index (χ3v) is 1.39. The first-order valence-corrected chi connectivity index (χ1v) is 3.43. The summed E-state index contributed by atoms with van der Waals surface area (Å²) < 4.78 is 0. The van der Waals surface area contributed by atoms with Gasteiger partial charge in [-0.1, -0.05) is 0 Å². The second kappa shape index (κ2) is 3.31. The van der Waals surface area contributed by atoms with E-state index in [1.54, 1.807) is 7.05 Å². The number of carboxylic acids is 1. The van der Waals surface area contributed by atoms with Crippen LogP contribution in [-0.2, 0) is 18.3 Å². The molecule has 1 atom stereocenters. The van der Waals surface area contributed by atoms with Crippen molar-refractivity contribution < 1.29 is 9.90 Å². The highest BCUT2D eigenvalue weighted by molar-refractivity contribution is 5.73. The maximum Gasteiger partial charge on any atom is 0.320 e. The minimum absolute atomic E-state index is 0.211. The van der Waals surface area contributed by atoms with Crippen LogP contribution in [0.15, 0.2) is 6.20 Å². The maximum atomic E-state index is 10.3. The van der Waals surface area contributed by atoms with Crippen molar-refractivity contribution >= 4 is 5.97 Å². The van der Waals surface area contributed by atoms with Gasteiger partial charge < -0.3 is 10.8 Å². The van der Waals surface area contributed by atoms with Crippen LogP contribution < -0.4 is 5.73 Å². The second-order valence-corrected chi connectivity index (χ2v) is 2.47. The largest absolute Gasteiger partial charge is 0.480 e. The molecular weight excluding hydrogens is 160 g/mol. The van der Waals surface area contributed by atoms with E-state index in [9.17, 15) is 4.79 Å². The number of aryl methyl sites for hydroxylation is 1. The number of hydrogen-bond donors (Lipinski definition) is 2. The maximum absolute atomic E-state index is 10.3. The summed E-state index contributed by atoms with van der Waals surface area (Å²) in [5.41, 5.74) is 5.87. The fourth-order valence-electron chi connectivity index (χ4n) is 0.794. The molecule has 12 heavy (non-hydrogen) atoms. The van der Waals surface area contributed by atoms with Crippen LogP contribution in [0.5, 0.6) is 0 Å². The molecular formula is C6H10N4O2. The highest BCUT2D eigenvalue weighted by atomic mass is 16.4. The molecule has 0 aliphatic carbocycles. The number of nitrogens with zero attached hydrogens (tertiary/aromatic N) is 3. The molecule has 0 unspecified atom stereocenters. The van der Waals surface area contributed by atoms with Crippen LogP contribution >= 0.6 is 0 Å². The highest BCUT2D eigenvalue weighted by Gasteiger charge is 2.13. The van der Waals surface area contributed by atoms with Crippen LogP contribution in [-0.4, -0.2) is 32.1 Å². The molecule has 1 rings (SSSR count). The van der Waals surface area contributed by atoms with Crippen LogP contribution in [0.2, 0.25) is 0 Å². The quantitative estimate of drug-likeness (QED) is 0.592. The van der Waals surface area contributed by atoms with Gasteiger partial charge in [0.1, 0.15) is 6.04 Å². The van der Waals surface area contributed by atoms with Gasteiger partial charge in [-0.05, 0) is 0 Å². The van der Waals surface area contributed by atoms with Crippen molar-refractivity contribution in [3.8, 4) is 0 Å². The predicted octanol–water partition coefficient (Wildman–Crippen LogP) is -1.23. The molecule has 1 heterocycles. The zero-order valence-corrected chi connectivity index (χ0v) is 6.64. The number of rotatable bonds is 3. The molecule has 6 nitrogen and oxygen atoms in total. The van der Waals surface area contributed by atoms with Crippen molar-refractivity contribution in [1.82, 2.24) is 15.0 Å². The fraction of sp³-hybridized carbons (Fsp3) is 0.500. The molecule has 0 aromatic carbocycles. The standard InChI is InChI=1S/C6H10N4O2/c1-10-8-3-4(9-10)2-5(7)6(11)12/h3,5H,2,7H2,1H3,(H,11,12)/t5-/m0/s1. The first-order valence-electron chi connectivity index (χ1n) is 3.43. The number of nitrogens with two attached hydrogens (primary N) is 1. The van der Waals surface area contributed by atoms with Crippen LogP contribution in [0.3, 0.4) is 0 Å². The Morgan fingerprint density at radius 1 is 1.92 bits per heavy atom. The first kappa shape index (κ1) is 8.66. The number of carboxylic acid groups (broad SMARTS) is 1. The molecule has 1 aromatic heterocycles. The van der Waals surface area contributed by atoms with Gasteiger partial charge in [-0.15, -0.1) is 0 Å². The lowest BCUT2D eigenvalue weighted by atomic mass is 10.2. The molecule has 0 radical (unpaired) electrons. The summed E-state index contributed by atoms with van der Waals surface area (Å²) in [5, 5.41) is 16.2. The molecule has 0 aliphatic rings. The molecule has 6 heteroatoms. The number of carbonyl (C=O) groups is 1. The lowest BCUT2D eigenvalue weighted by Gasteiger charge is -2.01. The van der Waals surface area contributed by atoms with E-state index in [1.807, 2.05) is 0 Å². The lowest BCUT2D eigenvalue weighted by molar-refractivity contribution is -0.138. The molecule has 0 saturated heterocycles. The normalized spacial score (nSPS) is 12.8. The summed E-state index contributed by atoms with van der Waals surface area (Å²) in [6.45, 7) is 0. The lowest BCUT2D eigenvalue weighted by Crippen LogP contribution is -2.32. The van der Waals surface area contributed by atoms with E-state index in [1.165, 1.54) is 11.0 Å². The number of hydrogen-bond acceptors (Lipinski definition) is 4. The van der Waals surface area contributed by atoms with E-state index in [0.29, 0.717) is 5.69 Å². The third kappa shape index (κ3) is 2.03. The Bertz CT molecular complexity index is 283. The van der Waals surface area contributed by atoms with E-state index >= 15 is 0 Å². The fourth-order valence-corrected chi connectivity index (χ4v) is 0.794. The summed E-state index contributed by atoms with van der Waals surface area (Å²) >= 11 is 0. The molecule has 0 saturated carbocycles. The topological polar surface area (TPSA) is 94.0 Å². The number of aliphatic carboxylic acids is 1. The van der Waals surface area contributed by atoms with Crippen molar-refractivity contribution in [2.45, 2.75) is 12.5 Å². The summed E-state index contributed by atoms with van der Waals surface area (Å²) in [4.78, 5) is 11.7. The Balaban J connectivity index is 2.58. The van der Waals surface area contributed by atoms with Crippen LogP contribution in [0, 0.1) is 0 Å². The zero-order valence-electron chi connectivity index (χ0n) is 6.64. The van der Waals surface area contributed by atoms with Gasteiger partial charge in [0, 0.05) is 13.5 Å². The smallest absolute Gasteiger partial charge is 0.320 e. The first-order chi connectivity index (χ1) is 5.59. The summed E-state index contributed by atoms with van der Waals surface area (Å²) in [7, 11) is 1.66. The summed E-state index contributed by atoms with van der Waals surface area (Å²) in [5.74, 6) is -1.03. The van der Waals surface area contributed by atoms with Crippen LogP contribution in [0.1, 0.15) is 5.69 Å². The van der Waals surface area contributed by atoms with Crippen LogP contribution in [0.25, 0.3) is 0 Å². The SMILES string of the molecule is Cn1ncc(C[C@H](N)C(=O)O)n1. The van der Waals surface area contributed by atoms with Gasteiger partial charge in [0.05, 0.1) is 11.9 Å². The molecule has 66 valence electrons. The van der Waals surface area contributed by atoms with Crippen molar-refractivity contribution in [3.63, 3.8) is 0 Å². The Labute approximate surface area is 69.0 Å². The Morgan fingerprint density at radius 3 is 3.00 bits per heavy atom. The highest BCUT2D eigenvalue weighted by Crippen LogP contribution is 1.95. The minimum Gasteiger partial charge on any atom is -0.480 e. The van der Waals surface area contributed by atoms with Gasteiger partial charge in [-0.3, -0.25) is 4.79 Å². The molecule has 3 N–H and O–H groups in total. The van der Waals surface area contributed by atoms with E-state index in [-0.39, 0.29) is 6.42 Å². The van der Waals surface area contributed by atoms with Crippen molar-refractivity contribution in [2.75, 3.05) is 0 Å². The van der Waals surface area contributed by atoms with Crippen molar-refractivity contribution in [3.05, 3.63) is 11.9 Å². The Hall–Kier alpha value is -1.43. The third-order valence-electron chi connectivity index (χ3n) is 1.39. The average Bonchev–Trinajstić information content (AvgIpc) is 2.35. The van der Waals surface area contributed by atoms with Gasteiger partial charge >= 0.3 is 5.97 Å². The van der Waals surface area contributed by atoms with Crippen molar-refractivity contribution in [2.24, 2.45) is 12.8 Å². The predicted molar refractivity (Wildman–Crippen MR) is 40.3 cm³/mol. The second-order valence-electron chi connectivity index (χ2n) is 2.47. The Kier molecular flexibility index (Phi) is 2.39. The summed E-state index contributed by atoms with van der Waals surface area (Å²) in [6, 6.07) is -0.901. The molecule has 0 amide bonds. The van der Waals surface area contributed by atoms with Crippen molar-refractivity contribution in [1.29, 1.82) is 0 Å². The minimum atomic E-state index is -1.03. The molecule has 1 aromatic rings. The molecule has 0 spiro atoms. The molecule has 0 fully saturated rings. The molecule has 0 aliphatic heterocycles. The van der Waals surface area contributed by atoms with E-state index in [4.69, 9.17) is 10.8 Å². The van der Waals surface area contributed by atoms with Gasteiger partial charge in [0.2, 0.25) is 0 Å². The van der Waals surface area contributed by atoms with Gasteiger partial charge in [0.15, 0.2) is 0 Å². The average molecular weight is 170 g/mol. The van der Waals surface area contributed by atoms with Gasteiger partial charge in [-0.2, -0.15) is 15.0 Å². The van der Waals surface area contributed by atoms with E-state index in [2.05, 4.69) is 10.2 Å². The Morgan fingerprint density at radius 2 is 2.58 bits per heavy atom. The van der Waals surface area contributed by atoms with Crippen LogP contribution in [0.4, 0.5) is 0 Å². The van der Waals surface area contributed by atoms with Gasteiger partial charge in [0.25, 0.3) is 0 Å². The monoisotopic (exact) mass is 170 g/mol.